The first-order valence-corrected chi connectivity index (χ1v) is 10.8. The molecule has 4 aromatic rings. The van der Waals surface area contributed by atoms with E-state index in [1.165, 1.54) is 59.9 Å². The predicted molar refractivity (Wildman–Crippen MR) is 129 cm³/mol. The lowest BCUT2D eigenvalue weighted by atomic mass is 10.0. The van der Waals surface area contributed by atoms with Gasteiger partial charge in [-0.3, -0.25) is 19.5 Å². The second kappa shape index (κ2) is 10.2. The number of aryl methyl sites for hydroxylation is 2. The van der Waals surface area contributed by atoms with E-state index in [2.05, 4.69) is 15.3 Å². The minimum Gasteiger partial charge on any atom is -0.324 e. The second-order valence-electron chi connectivity index (χ2n) is 8.01. The highest BCUT2D eigenvalue weighted by atomic mass is 19.1. The molecule has 0 bridgehead atoms. The van der Waals surface area contributed by atoms with Crippen molar-refractivity contribution in [2.75, 3.05) is 10.2 Å². The van der Waals surface area contributed by atoms with Crippen LogP contribution in [0, 0.1) is 25.5 Å². The molecular formula is C27H22F2N4O2. The van der Waals surface area contributed by atoms with E-state index < -0.39 is 29.5 Å². The summed E-state index contributed by atoms with van der Waals surface area (Å²) in [7, 11) is 0. The van der Waals surface area contributed by atoms with Crippen molar-refractivity contribution in [1.82, 2.24) is 9.97 Å². The molecule has 1 atom stereocenters. The first-order valence-electron chi connectivity index (χ1n) is 10.8. The van der Waals surface area contributed by atoms with Crippen LogP contribution in [0.5, 0.6) is 0 Å². The lowest BCUT2D eigenvalue weighted by Crippen LogP contribution is -2.42. The average Bonchev–Trinajstić information content (AvgIpc) is 2.86. The van der Waals surface area contributed by atoms with Crippen LogP contribution in [-0.4, -0.2) is 21.8 Å². The van der Waals surface area contributed by atoms with Gasteiger partial charge in [-0.15, -0.1) is 0 Å². The molecule has 0 aliphatic heterocycles. The molecule has 0 aliphatic carbocycles. The topological polar surface area (TPSA) is 75.2 Å². The van der Waals surface area contributed by atoms with E-state index >= 15 is 0 Å². The van der Waals surface area contributed by atoms with Crippen molar-refractivity contribution in [3.05, 3.63) is 119 Å². The van der Waals surface area contributed by atoms with Gasteiger partial charge in [-0.05, 0) is 61.4 Å². The minimum atomic E-state index is -1.20. The van der Waals surface area contributed by atoms with Crippen molar-refractivity contribution in [3.63, 3.8) is 0 Å². The number of benzene rings is 3. The van der Waals surface area contributed by atoms with Gasteiger partial charge in [0.25, 0.3) is 11.8 Å². The number of carbonyl (C=O) groups is 2. The van der Waals surface area contributed by atoms with E-state index in [-0.39, 0.29) is 11.4 Å². The highest BCUT2D eigenvalue weighted by molar-refractivity contribution is 6.11. The fourth-order valence-electron chi connectivity index (χ4n) is 3.56. The molecule has 0 unspecified atom stereocenters. The van der Waals surface area contributed by atoms with E-state index in [4.69, 9.17) is 0 Å². The summed E-state index contributed by atoms with van der Waals surface area (Å²) in [5, 5.41) is 2.74. The van der Waals surface area contributed by atoms with Crippen LogP contribution in [0.25, 0.3) is 0 Å². The summed E-state index contributed by atoms with van der Waals surface area (Å²) in [5.74, 6) is -2.19. The zero-order valence-electron chi connectivity index (χ0n) is 19.1. The third kappa shape index (κ3) is 5.38. The molecule has 1 aromatic heterocycles. The zero-order chi connectivity index (χ0) is 24.9. The molecule has 3 aromatic carbocycles. The molecule has 0 saturated carbocycles. The van der Waals surface area contributed by atoms with Gasteiger partial charge in [0.1, 0.15) is 23.4 Å². The summed E-state index contributed by atoms with van der Waals surface area (Å²) in [4.78, 5) is 36.6. The number of amides is 2. The Labute approximate surface area is 201 Å². The standard InChI is InChI=1S/C27H22F2N4O2/c1-17-3-6-19(7-4-17)25(26(34)32-21-10-8-20(28)9-11-21)33(22-12-5-18(2)23(29)15-22)27(35)24-16-30-13-14-31-24/h3-16,25H,1-2H3,(H,32,34)/t25-/m1/s1. The lowest BCUT2D eigenvalue weighted by Gasteiger charge is -2.31. The van der Waals surface area contributed by atoms with E-state index in [9.17, 15) is 18.4 Å². The highest BCUT2D eigenvalue weighted by Crippen LogP contribution is 2.31. The molecule has 1 N–H and O–H groups in total. The molecule has 0 spiro atoms. The van der Waals surface area contributed by atoms with Crippen molar-refractivity contribution in [2.24, 2.45) is 0 Å². The van der Waals surface area contributed by atoms with Crippen LogP contribution in [0.15, 0.2) is 85.3 Å². The summed E-state index contributed by atoms with van der Waals surface area (Å²) in [6.07, 6.45) is 4.07. The lowest BCUT2D eigenvalue weighted by molar-refractivity contribution is -0.117. The van der Waals surface area contributed by atoms with Crippen molar-refractivity contribution in [1.29, 1.82) is 0 Å². The fraction of sp³-hybridized carbons (Fsp3) is 0.111. The van der Waals surface area contributed by atoms with Gasteiger partial charge in [0, 0.05) is 23.8 Å². The van der Waals surface area contributed by atoms with Gasteiger partial charge in [-0.2, -0.15) is 0 Å². The Bertz CT molecular complexity index is 1340. The number of hydrogen-bond donors (Lipinski definition) is 1. The molecule has 1 heterocycles. The summed E-state index contributed by atoms with van der Waals surface area (Å²) >= 11 is 0. The number of nitrogens with zero attached hydrogens (tertiary/aromatic N) is 3. The molecule has 2 amide bonds. The summed E-state index contributed by atoms with van der Waals surface area (Å²) in [6.45, 7) is 3.50. The number of nitrogens with one attached hydrogen (secondary N) is 1. The molecule has 0 aliphatic rings. The van der Waals surface area contributed by atoms with Crippen LogP contribution in [0.2, 0.25) is 0 Å². The van der Waals surface area contributed by atoms with Gasteiger partial charge in [0.05, 0.1) is 6.20 Å². The number of aromatic nitrogens is 2. The van der Waals surface area contributed by atoms with Crippen LogP contribution < -0.4 is 10.2 Å². The minimum absolute atomic E-state index is 0.0137. The molecule has 35 heavy (non-hydrogen) atoms. The Morgan fingerprint density at radius 2 is 1.63 bits per heavy atom. The van der Waals surface area contributed by atoms with E-state index in [0.717, 1.165) is 5.56 Å². The van der Waals surface area contributed by atoms with Gasteiger partial charge in [-0.25, -0.2) is 13.8 Å². The Kier molecular flexibility index (Phi) is 6.91. The molecule has 0 radical (unpaired) electrons. The first kappa shape index (κ1) is 23.7. The maximum atomic E-state index is 14.6. The van der Waals surface area contributed by atoms with Crippen molar-refractivity contribution >= 4 is 23.2 Å². The molecule has 0 saturated heterocycles. The van der Waals surface area contributed by atoms with Crippen LogP contribution in [0.3, 0.4) is 0 Å². The highest BCUT2D eigenvalue weighted by Gasteiger charge is 2.34. The van der Waals surface area contributed by atoms with Gasteiger partial charge in [0.15, 0.2) is 0 Å². The van der Waals surface area contributed by atoms with Gasteiger partial charge in [0.2, 0.25) is 0 Å². The predicted octanol–water partition coefficient (Wildman–Crippen LogP) is 5.40. The maximum absolute atomic E-state index is 14.6. The van der Waals surface area contributed by atoms with Crippen LogP contribution in [0.1, 0.15) is 33.2 Å². The van der Waals surface area contributed by atoms with Crippen LogP contribution in [0.4, 0.5) is 20.2 Å². The summed E-state index contributed by atoms with van der Waals surface area (Å²) in [6, 6.07) is 15.5. The quantitative estimate of drug-likeness (QED) is 0.408. The Balaban J connectivity index is 1.86. The Hall–Kier alpha value is -4.46. The van der Waals surface area contributed by atoms with Crippen molar-refractivity contribution < 1.29 is 18.4 Å². The zero-order valence-corrected chi connectivity index (χ0v) is 19.1. The van der Waals surface area contributed by atoms with Crippen molar-refractivity contribution in [2.45, 2.75) is 19.9 Å². The maximum Gasteiger partial charge on any atom is 0.279 e. The molecular weight excluding hydrogens is 450 g/mol. The molecule has 6 nitrogen and oxygen atoms in total. The SMILES string of the molecule is Cc1ccc([C@H](C(=O)Nc2ccc(F)cc2)N(C(=O)c2cnccn2)c2ccc(C)c(F)c2)cc1. The molecule has 0 fully saturated rings. The smallest absolute Gasteiger partial charge is 0.279 e. The number of carbonyl (C=O) groups excluding carboxylic acids is 2. The van der Waals surface area contributed by atoms with Crippen LogP contribution >= 0.6 is 0 Å². The number of hydrogen-bond acceptors (Lipinski definition) is 4. The second-order valence-corrected chi connectivity index (χ2v) is 8.01. The molecule has 4 rings (SSSR count). The van der Waals surface area contributed by atoms with E-state index in [1.807, 2.05) is 19.1 Å². The first-order chi connectivity index (χ1) is 16.8. The largest absolute Gasteiger partial charge is 0.324 e. The summed E-state index contributed by atoms with van der Waals surface area (Å²) < 4.78 is 28.0. The van der Waals surface area contributed by atoms with E-state index in [0.29, 0.717) is 16.8 Å². The fourth-order valence-corrected chi connectivity index (χ4v) is 3.56. The number of halogens is 2. The van der Waals surface area contributed by atoms with Gasteiger partial charge < -0.3 is 5.32 Å². The average molecular weight is 472 g/mol. The van der Waals surface area contributed by atoms with Crippen LogP contribution in [-0.2, 0) is 4.79 Å². The number of anilines is 2. The normalized spacial score (nSPS) is 11.5. The third-order valence-electron chi connectivity index (χ3n) is 5.45. The Morgan fingerprint density at radius 1 is 0.914 bits per heavy atom. The Morgan fingerprint density at radius 3 is 2.26 bits per heavy atom. The number of rotatable bonds is 6. The monoisotopic (exact) mass is 472 g/mol. The summed E-state index contributed by atoms with van der Waals surface area (Å²) in [5.41, 5.74) is 2.34. The van der Waals surface area contributed by atoms with Gasteiger partial charge in [-0.1, -0.05) is 35.9 Å². The van der Waals surface area contributed by atoms with E-state index in [1.54, 1.807) is 25.1 Å². The molecule has 8 heteroatoms. The van der Waals surface area contributed by atoms with Crippen molar-refractivity contribution in [3.8, 4) is 0 Å². The van der Waals surface area contributed by atoms with Gasteiger partial charge >= 0.3 is 0 Å². The third-order valence-corrected chi connectivity index (χ3v) is 5.45. The molecule has 176 valence electrons.